The molecule has 0 bridgehead atoms. The predicted molar refractivity (Wildman–Crippen MR) is 91.9 cm³/mol. The lowest BCUT2D eigenvalue weighted by molar-refractivity contribution is -0.129. The molecule has 2 rings (SSSR count). The highest BCUT2D eigenvalue weighted by molar-refractivity contribution is 5.83. The first-order chi connectivity index (χ1) is 10.6. The summed E-state index contributed by atoms with van der Waals surface area (Å²) in [4.78, 5) is 12.4. The smallest absolute Gasteiger partial charge is 0.136 e. The monoisotopic (exact) mass is 308 g/mol. The average molecular weight is 309 g/mol. The zero-order valence-corrected chi connectivity index (χ0v) is 14.6. The van der Waals surface area contributed by atoms with Crippen LogP contribution in [0, 0.1) is 11.3 Å². The van der Waals surface area contributed by atoms with E-state index in [4.69, 9.17) is 0 Å². The van der Waals surface area contributed by atoms with Gasteiger partial charge in [0.1, 0.15) is 5.78 Å². The molecule has 0 amide bonds. The summed E-state index contributed by atoms with van der Waals surface area (Å²) in [5.41, 5.74) is -0.195. The maximum Gasteiger partial charge on any atom is 0.136 e. The van der Waals surface area contributed by atoms with Gasteiger partial charge in [-0.1, -0.05) is 70.6 Å². The van der Waals surface area contributed by atoms with E-state index in [0.29, 0.717) is 11.7 Å². The number of hydrogen-bond donors (Lipinski definition) is 1. The molecule has 0 radical (unpaired) electrons. The molecule has 1 N–H and O–H groups in total. The standard InChI is InChI=1S/C20H36O2/c1-17(21)20-14-12-10-8-6-4-2-3-5-7-9-11-13-18(20)15-19(22)16-20/h18-19,22H,2-16H2,1H3/t18-,19+,20+/m0/s1. The van der Waals surface area contributed by atoms with E-state index >= 15 is 0 Å². The molecular formula is C20H36O2. The minimum absolute atomic E-state index is 0.195. The molecule has 128 valence electrons. The molecule has 0 aliphatic heterocycles. The second-order valence-electron chi connectivity index (χ2n) is 7.93. The molecule has 2 fully saturated rings. The maximum atomic E-state index is 12.4. The Hall–Kier alpha value is -0.370. The number of Topliss-reactive ketones (excluding diaryl/α,β-unsaturated/α-hetero) is 1. The number of fused-ring (bicyclic) bond motifs is 1. The van der Waals surface area contributed by atoms with E-state index in [0.717, 1.165) is 25.7 Å². The van der Waals surface area contributed by atoms with Gasteiger partial charge in [-0.05, 0) is 38.5 Å². The molecular weight excluding hydrogens is 272 g/mol. The number of ketones is 1. The Morgan fingerprint density at radius 2 is 1.36 bits per heavy atom. The summed E-state index contributed by atoms with van der Waals surface area (Å²) >= 11 is 0. The van der Waals surface area contributed by atoms with Crippen molar-refractivity contribution < 1.29 is 9.90 Å². The van der Waals surface area contributed by atoms with Crippen LogP contribution in [0.2, 0.25) is 0 Å². The molecule has 3 atom stereocenters. The number of rotatable bonds is 1. The second kappa shape index (κ2) is 9.05. The van der Waals surface area contributed by atoms with Crippen LogP contribution in [0.5, 0.6) is 0 Å². The predicted octanol–water partition coefficient (Wildman–Crippen LogP) is 5.42. The molecule has 0 unspecified atom stereocenters. The summed E-state index contributed by atoms with van der Waals surface area (Å²) in [6.07, 6.45) is 18.1. The minimum atomic E-state index is -0.243. The van der Waals surface area contributed by atoms with Gasteiger partial charge in [-0.2, -0.15) is 0 Å². The molecule has 2 saturated carbocycles. The van der Waals surface area contributed by atoms with Gasteiger partial charge in [-0.25, -0.2) is 0 Å². The van der Waals surface area contributed by atoms with Crippen molar-refractivity contribution in [2.24, 2.45) is 11.3 Å². The van der Waals surface area contributed by atoms with Crippen molar-refractivity contribution in [3.8, 4) is 0 Å². The summed E-state index contributed by atoms with van der Waals surface area (Å²) in [6, 6.07) is 0. The quantitative estimate of drug-likeness (QED) is 0.702. The molecule has 0 aromatic heterocycles. The van der Waals surface area contributed by atoms with E-state index < -0.39 is 0 Å². The highest BCUT2D eigenvalue weighted by atomic mass is 16.3. The molecule has 0 heterocycles. The largest absolute Gasteiger partial charge is 0.393 e. The maximum absolute atomic E-state index is 12.4. The summed E-state index contributed by atoms with van der Waals surface area (Å²) in [5.74, 6) is 0.781. The summed E-state index contributed by atoms with van der Waals surface area (Å²) < 4.78 is 0. The van der Waals surface area contributed by atoms with E-state index in [-0.39, 0.29) is 11.5 Å². The van der Waals surface area contributed by atoms with Crippen LogP contribution in [0.15, 0.2) is 0 Å². The topological polar surface area (TPSA) is 37.3 Å². The Labute approximate surface area is 137 Å². The number of aliphatic hydroxyl groups excluding tert-OH is 1. The van der Waals surface area contributed by atoms with Gasteiger partial charge >= 0.3 is 0 Å². The van der Waals surface area contributed by atoms with Crippen LogP contribution in [-0.4, -0.2) is 17.0 Å². The van der Waals surface area contributed by atoms with Crippen molar-refractivity contribution in [3.63, 3.8) is 0 Å². The summed E-state index contributed by atoms with van der Waals surface area (Å²) in [7, 11) is 0. The molecule has 2 aliphatic carbocycles. The lowest BCUT2D eigenvalue weighted by Crippen LogP contribution is -2.33. The number of hydrogen-bond acceptors (Lipinski definition) is 2. The van der Waals surface area contributed by atoms with Crippen LogP contribution in [0.25, 0.3) is 0 Å². The van der Waals surface area contributed by atoms with Crippen molar-refractivity contribution >= 4 is 5.78 Å². The van der Waals surface area contributed by atoms with Crippen molar-refractivity contribution in [3.05, 3.63) is 0 Å². The lowest BCUT2D eigenvalue weighted by atomic mass is 9.69. The van der Waals surface area contributed by atoms with Crippen molar-refractivity contribution in [2.75, 3.05) is 0 Å². The van der Waals surface area contributed by atoms with E-state index in [1.165, 1.54) is 70.6 Å². The molecule has 0 aromatic rings. The Morgan fingerprint density at radius 3 is 1.91 bits per heavy atom. The fourth-order valence-corrected chi connectivity index (χ4v) is 4.95. The molecule has 2 aliphatic rings. The van der Waals surface area contributed by atoms with Crippen molar-refractivity contribution in [1.82, 2.24) is 0 Å². The van der Waals surface area contributed by atoms with Gasteiger partial charge in [0, 0.05) is 5.41 Å². The molecule has 0 aromatic carbocycles. The average Bonchev–Trinajstić information content (AvgIpc) is 2.80. The third kappa shape index (κ3) is 4.81. The summed E-state index contributed by atoms with van der Waals surface area (Å²) in [6.45, 7) is 1.78. The first-order valence-electron chi connectivity index (χ1n) is 9.84. The van der Waals surface area contributed by atoms with Gasteiger partial charge in [-0.15, -0.1) is 0 Å². The van der Waals surface area contributed by atoms with Crippen molar-refractivity contribution in [2.45, 2.75) is 109 Å². The van der Waals surface area contributed by atoms with Gasteiger partial charge < -0.3 is 5.11 Å². The fourth-order valence-electron chi connectivity index (χ4n) is 4.95. The van der Waals surface area contributed by atoms with Crippen LogP contribution in [0.4, 0.5) is 0 Å². The highest BCUT2D eigenvalue weighted by Crippen LogP contribution is 2.50. The van der Waals surface area contributed by atoms with Gasteiger partial charge in [0.05, 0.1) is 6.10 Å². The van der Waals surface area contributed by atoms with Crippen LogP contribution in [-0.2, 0) is 4.79 Å². The molecule has 22 heavy (non-hydrogen) atoms. The minimum Gasteiger partial charge on any atom is -0.393 e. The van der Waals surface area contributed by atoms with E-state index in [1.807, 2.05) is 0 Å². The first kappa shape index (κ1) is 18.0. The van der Waals surface area contributed by atoms with E-state index in [1.54, 1.807) is 6.92 Å². The number of carbonyl (C=O) groups excluding carboxylic acids is 1. The summed E-state index contributed by atoms with van der Waals surface area (Å²) in [5, 5.41) is 10.2. The third-order valence-corrected chi connectivity index (χ3v) is 6.31. The molecule has 2 nitrogen and oxygen atoms in total. The lowest BCUT2D eigenvalue weighted by Gasteiger charge is -2.33. The molecule has 0 spiro atoms. The van der Waals surface area contributed by atoms with Gasteiger partial charge in [0.2, 0.25) is 0 Å². The fraction of sp³-hybridized carbons (Fsp3) is 0.950. The number of aliphatic hydroxyl groups is 1. The normalized spacial score (nSPS) is 36.1. The Morgan fingerprint density at radius 1 is 0.864 bits per heavy atom. The van der Waals surface area contributed by atoms with Gasteiger partial charge in [0.15, 0.2) is 0 Å². The van der Waals surface area contributed by atoms with Crippen molar-refractivity contribution in [1.29, 1.82) is 0 Å². The van der Waals surface area contributed by atoms with Gasteiger partial charge in [-0.3, -0.25) is 4.79 Å². The SMILES string of the molecule is CC(=O)[C@]12CCCCCCCCCCCCC[C@H]1C[C@@H](O)C2. The van der Waals surface area contributed by atoms with E-state index in [9.17, 15) is 9.90 Å². The molecule has 0 saturated heterocycles. The zero-order chi connectivity index (χ0) is 15.8. The van der Waals surface area contributed by atoms with Gasteiger partial charge in [0.25, 0.3) is 0 Å². The van der Waals surface area contributed by atoms with E-state index in [2.05, 4.69) is 0 Å². The van der Waals surface area contributed by atoms with Crippen LogP contribution < -0.4 is 0 Å². The van der Waals surface area contributed by atoms with Crippen LogP contribution >= 0.6 is 0 Å². The Balaban J connectivity index is 1.99. The van der Waals surface area contributed by atoms with Crippen LogP contribution in [0.1, 0.15) is 103 Å². The zero-order valence-electron chi connectivity index (χ0n) is 14.6. The molecule has 2 heteroatoms. The first-order valence-corrected chi connectivity index (χ1v) is 9.84. The third-order valence-electron chi connectivity index (χ3n) is 6.31. The van der Waals surface area contributed by atoms with Crippen LogP contribution in [0.3, 0.4) is 0 Å². The highest BCUT2D eigenvalue weighted by Gasteiger charge is 2.49. The second-order valence-corrected chi connectivity index (χ2v) is 7.93. The Kier molecular flexibility index (Phi) is 7.40. The Bertz CT molecular complexity index is 339. The number of carbonyl (C=O) groups is 1.